The number of carbonyl (C=O) groups is 1. The molecule has 7 heteroatoms. The Hall–Kier alpha value is -2.77. The van der Waals surface area contributed by atoms with Gasteiger partial charge in [0.15, 0.2) is 0 Å². The van der Waals surface area contributed by atoms with Crippen molar-refractivity contribution in [2.45, 2.75) is 32.2 Å². The molecule has 2 heterocycles. The van der Waals surface area contributed by atoms with E-state index in [-0.39, 0.29) is 18.0 Å². The third-order valence-electron chi connectivity index (χ3n) is 5.68. The van der Waals surface area contributed by atoms with Gasteiger partial charge < -0.3 is 5.32 Å². The molecular formula is C24H20BrN3O2S. The summed E-state index contributed by atoms with van der Waals surface area (Å²) in [7, 11) is 0. The van der Waals surface area contributed by atoms with E-state index in [0.29, 0.717) is 15.9 Å². The summed E-state index contributed by atoms with van der Waals surface area (Å²) in [6, 6.07) is 13.9. The minimum atomic E-state index is -0.277. The number of fused-ring (bicyclic) bond motifs is 2. The molecule has 0 aliphatic heterocycles. The normalized spacial score (nSPS) is 13.2. The van der Waals surface area contributed by atoms with Crippen LogP contribution >= 0.6 is 27.3 Å². The number of carbonyl (C=O) groups excluding carboxylic acids is 1. The lowest BCUT2D eigenvalue weighted by Crippen LogP contribution is -2.27. The number of hydrogen-bond donors (Lipinski definition) is 1. The zero-order valence-corrected chi connectivity index (χ0v) is 19.1. The van der Waals surface area contributed by atoms with Crippen LogP contribution in [0.5, 0.6) is 0 Å². The van der Waals surface area contributed by atoms with Crippen molar-refractivity contribution >= 4 is 49.1 Å². The maximum absolute atomic E-state index is 13.3. The van der Waals surface area contributed by atoms with Crippen molar-refractivity contribution in [2.24, 2.45) is 0 Å². The summed E-state index contributed by atoms with van der Waals surface area (Å²) in [4.78, 5) is 31.0. The second kappa shape index (κ2) is 8.40. The van der Waals surface area contributed by atoms with E-state index in [1.807, 2.05) is 23.6 Å². The molecule has 0 saturated heterocycles. The highest BCUT2D eigenvalue weighted by Gasteiger charge is 2.17. The standard InChI is InChI=1S/C24H20BrN3O2S/c25-19-7-3-4-8-20(19)27-21(29)12-28-14-26-23-22(24(28)30)18(13-31-23)17-10-9-15-5-1-2-6-16(15)11-17/h3-4,7-11,13-14H,1-2,5-6,12H2,(H,27,29). The number of halogens is 1. The Balaban J connectivity index is 1.48. The van der Waals surface area contributed by atoms with Crippen LogP contribution in [0.25, 0.3) is 21.3 Å². The molecule has 0 bridgehead atoms. The Morgan fingerprint density at radius 2 is 1.94 bits per heavy atom. The average Bonchev–Trinajstić information content (AvgIpc) is 3.22. The molecule has 4 aromatic rings. The fraction of sp³-hybridized carbons (Fsp3) is 0.208. The van der Waals surface area contributed by atoms with Crippen LogP contribution in [0.15, 0.2) is 63.4 Å². The zero-order valence-electron chi connectivity index (χ0n) is 16.7. The SMILES string of the molecule is O=C(Cn1cnc2scc(-c3ccc4c(c3)CCCC4)c2c1=O)Nc1ccccc1Br. The third-order valence-corrected chi connectivity index (χ3v) is 7.26. The summed E-state index contributed by atoms with van der Waals surface area (Å²) in [6.07, 6.45) is 6.12. The largest absolute Gasteiger partial charge is 0.324 e. The smallest absolute Gasteiger partial charge is 0.263 e. The lowest BCUT2D eigenvalue weighted by Gasteiger charge is -2.16. The van der Waals surface area contributed by atoms with Crippen LogP contribution in [-0.4, -0.2) is 15.5 Å². The van der Waals surface area contributed by atoms with E-state index in [9.17, 15) is 9.59 Å². The second-order valence-electron chi connectivity index (χ2n) is 7.73. The molecule has 0 spiro atoms. The molecule has 0 fully saturated rings. The molecule has 31 heavy (non-hydrogen) atoms. The van der Waals surface area contributed by atoms with E-state index in [2.05, 4.69) is 44.4 Å². The fourth-order valence-electron chi connectivity index (χ4n) is 4.10. The number of rotatable bonds is 4. The highest BCUT2D eigenvalue weighted by molar-refractivity contribution is 9.10. The monoisotopic (exact) mass is 493 g/mol. The van der Waals surface area contributed by atoms with Crippen molar-refractivity contribution in [2.75, 3.05) is 5.32 Å². The number of nitrogens with zero attached hydrogens (tertiary/aromatic N) is 2. The van der Waals surface area contributed by atoms with E-state index in [1.54, 1.807) is 6.07 Å². The summed E-state index contributed by atoms with van der Waals surface area (Å²) in [5.41, 5.74) is 5.20. The van der Waals surface area contributed by atoms with Crippen LogP contribution in [0.4, 0.5) is 5.69 Å². The molecule has 0 saturated carbocycles. The van der Waals surface area contributed by atoms with Crippen molar-refractivity contribution in [3.8, 4) is 11.1 Å². The average molecular weight is 494 g/mol. The Bertz CT molecular complexity index is 1360. The zero-order chi connectivity index (χ0) is 21.4. The lowest BCUT2D eigenvalue weighted by atomic mass is 9.89. The Morgan fingerprint density at radius 3 is 2.77 bits per heavy atom. The van der Waals surface area contributed by atoms with Crippen molar-refractivity contribution in [1.29, 1.82) is 0 Å². The minimum Gasteiger partial charge on any atom is -0.324 e. The number of amides is 1. The molecule has 2 aromatic carbocycles. The van der Waals surface area contributed by atoms with Crippen LogP contribution < -0.4 is 10.9 Å². The van der Waals surface area contributed by atoms with Gasteiger partial charge in [0.25, 0.3) is 5.56 Å². The minimum absolute atomic E-state index is 0.0947. The quantitative estimate of drug-likeness (QED) is 0.413. The van der Waals surface area contributed by atoms with Crippen LogP contribution in [0.1, 0.15) is 24.0 Å². The first-order valence-corrected chi connectivity index (χ1v) is 11.9. The van der Waals surface area contributed by atoms with E-state index in [0.717, 1.165) is 28.4 Å². The Kier molecular flexibility index (Phi) is 5.46. The van der Waals surface area contributed by atoms with E-state index < -0.39 is 0 Å². The summed E-state index contributed by atoms with van der Waals surface area (Å²) in [6.45, 7) is -0.0947. The number of para-hydroxylation sites is 1. The summed E-state index contributed by atoms with van der Waals surface area (Å²) in [5.74, 6) is -0.277. The Morgan fingerprint density at radius 1 is 1.13 bits per heavy atom. The number of nitrogens with one attached hydrogen (secondary N) is 1. The molecule has 1 amide bonds. The molecule has 0 atom stereocenters. The van der Waals surface area contributed by atoms with Gasteiger partial charge in [0, 0.05) is 15.4 Å². The van der Waals surface area contributed by atoms with Crippen molar-refractivity contribution in [3.05, 3.63) is 80.1 Å². The van der Waals surface area contributed by atoms with Gasteiger partial charge >= 0.3 is 0 Å². The number of aryl methyl sites for hydroxylation is 2. The summed E-state index contributed by atoms with van der Waals surface area (Å²) in [5, 5.41) is 5.41. The number of thiophene rings is 1. The first-order valence-electron chi connectivity index (χ1n) is 10.2. The highest BCUT2D eigenvalue weighted by Crippen LogP contribution is 2.33. The number of benzene rings is 2. The molecule has 2 aromatic heterocycles. The number of anilines is 1. The van der Waals surface area contributed by atoms with E-state index in [4.69, 9.17) is 0 Å². The van der Waals surface area contributed by atoms with Crippen LogP contribution in [0, 0.1) is 0 Å². The third kappa shape index (κ3) is 3.95. The molecule has 1 aliphatic rings. The van der Waals surface area contributed by atoms with Crippen molar-refractivity contribution in [3.63, 3.8) is 0 Å². The van der Waals surface area contributed by atoms with Crippen molar-refractivity contribution in [1.82, 2.24) is 9.55 Å². The number of hydrogen-bond acceptors (Lipinski definition) is 4. The van der Waals surface area contributed by atoms with Gasteiger partial charge in [-0.15, -0.1) is 11.3 Å². The van der Waals surface area contributed by atoms with Gasteiger partial charge in [-0.1, -0.05) is 30.3 Å². The van der Waals surface area contributed by atoms with Gasteiger partial charge in [0.1, 0.15) is 11.4 Å². The topological polar surface area (TPSA) is 64.0 Å². The van der Waals surface area contributed by atoms with Crippen LogP contribution in [0.3, 0.4) is 0 Å². The maximum atomic E-state index is 13.3. The maximum Gasteiger partial charge on any atom is 0.263 e. The van der Waals surface area contributed by atoms with Gasteiger partial charge in [-0.2, -0.15) is 0 Å². The van der Waals surface area contributed by atoms with Gasteiger partial charge in [0.2, 0.25) is 5.91 Å². The highest BCUT2D eigenvalue weighted by atomic mass is 79.9. The van der Waals surface area contributed by atoms with Gasteiger partial charge in [-0.3, -0.25) is 14.2 Å². The fourth-order valence-corrected chi connectivity index (χ4v) is 5.39. The van der Waals surface area contributed by atoms with Gasteiger partial charge in [-0.25, -0.2) is 4.98 Å². The van der Waals surface area contributed by atoms with E-state index in [1.165, 1.54) is 46.2 Å². The first kappa shape index (κ1) is 20.2. The van der Waals surface area contributed by atoms with Crippen LogP contribution in [-0.2, 0) is 24.2 Å². The molecule has 1 N–H and O–H groups in total. The van der Waals surface area contributed by atoms with Gasteiger partial charge in [-0.05, 0) is 70.4 Å². The number of aromatic nitrogens is 2. The Labute approximate surface area is 191 Å². The summed E-state index contributed by atoms with van der Waals surface area (Å²) < 4.78 is 2.17. The summed E-state index contributed by atoms with van der Waals surface area (Å²) >= 11 is 4.88. The van der Waals surface area contributed by atoms with Crippen LogP contribution in [0.2, 0.25) is 0 Å². The van der Waals surface area contributed by atoms with E-state index >= 15 is 0 Å². The molecule has 5 rings (SSSR count). The molecule has 1 aliphatic carbocycles. The lowest BCUT2D eigenvalue weighted by molar-refractivity contribution is -0.116. The molecular weight excluding hydrogens is 474 g/mol. The predicted molar refractivity (Wildman–Crippen MR) is 129 cm³/mol. The predicted octanol–water partition coefficient (Wildman–Crippen LogP) is 5.41. The molecule has 5 nitrogen and oxygen atoms in total. The van der Waals surface area contributed by atoms with Gasteiger partial charge in [0.05, 0.1) is 17.4 Å². The first-order chi connectivity index (χ1) is 15.1. The molecule has 156 valence electrons. The molecule has 0 radical (unpaired) electrons. The van der Waals surface area contributed by atoms with Crippen molar-refractivity contribution < 1.29 is 4.79 Å². The second-order valence-corrected chi connectivity index (χ2v) is 9.44. The molecule has 0 unspecified atom stereocenters.